The van der Waals surface area contributed by atoms with E-state index in [2.05, 4.69) is 9.88 Å². The van der Waals surface area contributed by atoms with E-state index in [9.17, 15) is 8.42 Å². The molecule has 5 nitrogen and oxygen atoms in total. The second-order valence-electron chi connectivity index (χ2n) is 5.11. The van der Waals surface area contributed by atoms with Crippen LogP contribution >= 0.6 is 11.6 Å². The molecule has 0 aliphatic heterocycles. The van der Waals surface area contributed by atoms with Crippen LogP contribution in [0, 0.1) is 0 Å². The van der Waals surface area contributed by atoms with E-state index in [-0.39, 0.29) is 4.90 Å². The Kier molecular flexibility index (Phi) is 4.88. The molecule has 2 rings (SSSR count). The lowest BCUT2D eigenvalue weighted by molar-refractivity contribution is 0.388. The molecule has 1 heterocycles. The summed E-state index contributed by atoms with van der Waals surface area (Å²) in [5.74, 6) is 1.34. The third-order valence-corrected chi connectivity index (χ3v) is 5.60. The Morgan fingerprint density at radius 1 is 1.35 bits per heavy atom. The van der Waals surface area contributed by atoms with Crippen LogP contribution in [0.25, 0.3) is 0 Å². The minimum absolute atomic E-state index is 0.214. The lowest BCUT2D eigenvalue weighted by Crippen LogP contribution is -2.42. The Bertz CT molecular complexity index is 541. The largest absolute Gasteiger partial charge is 0.352 e. The van der Waals surface area contributed by atoms with E-state index in [1.54, 1.807) is 12.1 Å². The molecule has 0 spiro atoms. The minimum Gasteiger partial charge on any atom is -0.352 e. The van der Waals surface area contributed by atoms with Crippen LogP contribution in [0.3, 0.4) is 0 Å². The van der Waals surface area contributed by atoms with Crippen molar-refractivity contribution >= 4 is 27.4 Å². The maximum atomic E-state index is 12.0. The second kappa shape index (κ2) is 6.28. The molecule has 0 radical (unpaired) electrons. The van der Waals surface area contributed by atoms with Crippen LogP contribution in [-0.4, -0.2) is 50.3 Å². The molecule has 0 atom stereocenters. The Balaban J connectivity index is 2.22. The highest BCUT2D eigenvalue weighted by atomic mass is 35.5. The molecule has 20 heavy (non-hydrogen) atoms. The molecular formula is C13H20ClN3O2S. The predicted molar refractivity (Wildman–Crippen MR) is 80.8 cm³/mol. The van der Waals surface area contributed by atoms with Gasteiger partial charge in [-0.1, -0.05) is 0 Å². The number of pyridine rings is 1. The fourth-order valence-corrected chi connectivity index (χ4v) is 3.21. The van der Waals surface area contributed by atoms with Gasteiger partial charge in [0.25, 0.3) is 0 Å². The molecule has 1 aliphatic carbocycles. The van der Waals surface area contributed by atoms with Crippen molar-refractivity contribution < 1.29 is 8.42 Å². The SMILES string of the molecule is CN(C)S(=O)(=O)c1ccc(N(CCCl)C2CCC2)nc1. The molecule has 0 amide bonds. The van der Waals surface area contributed by atoms with Crippen molar-refractivity contribution in [2.75, 3.05) is 31.4 Å². The van der Waals surface area contributed by atoms with Gasteiger partial charge in [-0.2, -0.15) is 0 Å². The first-order valence-corrected chi connectivity index (χ1v) is 8.65. The standard InChI is InChI=1S/C13H20ClN3O2S/c1-16(2)20(18,19)12-6-7-13(15-10-12)17(9-8-14)11-4-3-5-11/h6-7,10-11H,3-5,8-9H2,1-2H3. The average molecular weight is 318 g/mol. The summed E-state index contributed by atoms with van der Waals surface area (Å²) >= 11 is 5.84. The summed E-state index contributed by atoms with van der Waals surface area (Å²) < 4.78 is 25.2. The van der Waals surface area contributed by atoms with Gasteiger partial charge in [-0.05, 0) is 31.4 Å². The van der Waals surface area contributed by atoms with Crippen molar-refractivity contribution in [1.29, 1.82) is 0 Å². The minimum atomic E-state index is -3.42. The van der Waals surface area contributed by atoms with Gasteiger partial charge in [-0.15, -0.1) is 11.6 Å². The fourth-order valence-electron chi connectivity index (χ4n) is 2.18. The second-order valence-corrected chi connectivity index (χ2v) is 7.64. The normalized spacial score (nSPS) is 16.2. The van der Waals surface area contributed by atoms with E-state index >= 15 is 0 Å². The van der Waals surface area contributed by atoms with Gasteiger partial charge < -0.3 is 4.90 Å². The lowest BCUT2D eigenvalue weighted by atomic mass is 9.91. The van der Waals surface area contributed by atoms with Crippen LogP contribution in [-0.2, 0) is 10.0 Å². The van der Waals surface area contributed by atoms with Crippen molar-refractivity contribution in [3.63, 3.8) is 0 Å². The Hall–Kier alpha value is -0.850. The van der Waals surface area contributed by atoms with Crippen LogP contribution in [0.1, 0.15) is 19.3 Å². The van der Waals surface area contributed by atoms with E-state index in [1.165, 1.54) is 31.0 Å². The molecule has 0 aromatic carbocycles. The van der Waals surface area contributed by atoms with E-state index in [0.717, 1.165) is 25.2 Å². The molecular weight excluding hydrogens is 298 g/mol. The Morgan fingerprint density at radius 2 is 2.05 bits per heavy atom. The van der Waals surface area contributed by atoms with Gasteiger partial charge in [-0.3, -0.25) is 0 Å². The smallest absolute Gasteiger partial charge is 0.244 e. The molecule has 1 aromatic rings. The van der Waals surface area contributed by atoms with Gasteiger partial charge in [0.05, 0.1) is 0 Å². The van der Waals surface area contributed by atoms with Crippen molar-refractivity contribution in [2.24, 2.45) is 0 Å². The third kappa shape index (κ3) is 3.07. The topological polar surface area (TPSA) is 53.5 Å². The quantitative estimate of drug-likeness (QED) is 0.752. The van der Waals surface area contributed by atoms with Crippen LogP contribution in [0.5, 0.6) is 0 Å². The molecule has 7 heteroatoms. The number of rotatable bonds is 6. The molecule has 1 fully saturated rings. The zero-order valence-corrected chi connectivity index (χ0v) is 13.4. The fraction of sp³-hybridized carbons (Fsp3) is 0.615. The van der Waals surface area contributed by atoms with Gasteiger partial charge in [0.2, 0.25) is 10.0 Å². The van der Waals surface area contributed by atoms with Crippen molar-refractivity contribution in [3.8, 4) is 0 Å². The summed E-state index contributed by atoms with van der Waals surface area (Å²) in [6, 6.07) is 3.86. The van der Waals surface area contributed by atoms with Gasteiger partial charge >= 0.3 is 0 Å². The highest BCUT2D eigenvalue weighted by Crippen LogP contribution is 2.28. The van der Waals surface area contributed by atoms with Crippen molar-refractivity contribution in [3.05, 3.63) is 18.3 Å². The third-order valence-electron chi connectivity index (χ3n) is 3.63. The molecule has 0 saturated heterocycles. The molecule has 0 N–H and O–H groups in total. The molecule has 1 aromatic heterocycles. The van der Waals surface area contributed by atoms with Crippen LogP contribution in [0.15, 0.2) is 23.2 Å². The number of hydrogen-bond acceptors (Lipinski definition) is 4. The predicted octanol–water partition coefficient (Wildman–Crippen LogP) is 1.93. The number of aromatic nitrogens is 1. The summed E-state index contributed by atoms with van der Waals surface area (Å²) in [5, 5.41) is 0. The van der Waals surface area contributed by atoms with Crippen LogP contribution < -0.4 is 4.90 Å². The number of sulfonamides is 1. The first-order chi connectivity index (χ1) is 9.46. The zero-order valence-electron chi connectivity index (χ0n) is 11.8. The van der Waals surface area contributed by atoms with E-state index in [0.29, 0.717) is 11.9 Å². The monoisotopic (exact) mass is 317 g/mol. The molecule has 1 saturated carbocycles. The Morgan fingerprint density at radius 3 is 2.45 bits per heavy atom. The molecule has 112 valence electrons. The first-order valence-electron chi connectivity index (χ1n) is 6.68. The molecule has 0 unspecified atom stereocenters. The molecule has 1 aliphatic rings. The van der Waals surface area contributed by atoms with Crippen molar-refractivity contribution in [2.45, 2.75) is 30.2 Å². The summed E-state index contributed by atoms with van der Waals surface area (Å²) in [7, 11) is -0.395. The van der Waals surface area contributed by atoms with Crippen LogP contribution in [0.4, 0.5) is 5.82 Å². The summed E-state index contributed by atoms with van der Waals surface area (Å²) in [6.45, 7) is 0.735. The number of halogens is 1. The number of anilines is 1. The zero-order chi connectivity index (χ0) is 14.8. The summed E-state index contributed by atoms with van der Waals surface area (Å²) in [4.78, 5) is 6.69. The van der Waals surface area contributed by atoms with E-state index in [1.807, 2.05) is 0 Å². The highest BCUT2D eigenvalue weighted by molar-refractivity contribution is 7.89. The van der Waals surface area contributed by atoms with Crippen LogP contribution in [0.2, 0.25) is 0 Å². The maximum absolute atomic E-state index is 12.0. The van der Waals surface area contributed by atoms with Crippen molar-refractivity contribution in [1.82, 2.24) is 9.29 Å². The van der Waals surface area contributed by atoms with Gasteiger partial charge in [0.15, 0.2) is 0 Å². The van der Waals surface area contributed by atoms with E-state index < -0.39 is 10.0 Å². The maximum Gasteiger partial charge on any atom is 0.244 e. The lowest BCUT2D eigenvalue weighted by Gasteiger charge is -2.38. The first kappa shape index (κ1) is 15.5. The van der Waals surface area contributed by atoms with Gasteiger partial charge in [-0.25, -0.2) is 17.7 Å². The van der Waals surface area contributed by atoms with E-state index in [4.69, 9.17) is 11.6 Å². The Labute approximate surface area is 125 Å². The average Bonchev–Trinajstić information content (AvgIpc) is 2.36. The highest BCUT2D eigenvalue weighted by Gasteiger charge is 2.26. The van der Waals surface area contributed by atoms with Gasteiger partial charge in [0.1, 0.15) is 10.7 Å². The summed E-state index contributed by atoms with van der Waals surface area (Å²) in [5.41, 5.74) is 0. The number of hydrogen-bond donors (Lipinski definition) is 0. The summed E-state index contributed by atoms with van der Waals surface area (Å²) in [6.07, 6.45) is 4.95. The molecule has 0 bridgehead atoms. The number of alkyl halides is 1. The van der Waals surface area contributed by atoms with Gasteiger partial charge in [0, 0.05) is 38.8 Å². The number of nitrogens with zero attached hydrogens (tertiary/aromatic N) is 3.